The molecule has 1 N–H and O–H groups in total. The van der Waals surface area contributed by atoms with E-state index in [0.29, 0.717) is 6.54 Å². The third-order valence-corrected chi connectivity index (χ3v) is 3.68. The number of nitrogens with one attached hydrogen (secondary N) is 1. The van der Waals surface area contributed by atoms with Crippen molar-refractivity contribution in [2.24, 2.45) is 0 Å². The molecule has 0 aliphatic rings. The molecule has 0 spiro atoms. The SMILES string of the molecule is COc1ccccc1CC(=O)NCc1cncc(-c2ccoc2)c1. The largest absolute Gasteiger partial charge is 0.496 e. The van der Waals surface area contributed by atoms with Crippen LogP contribution in [-0.4, -0.2) is 18.0 Å². The van der Waals surface area contributed by atoms with Crippen LogP contribution in [0.4, 0.5) is 0 Å². The van der Waals surface area contributed by atoms with Crippen LogP contribution >= 0.6 is 0 Å². The summed E-state index contributed by atoms with van der Waals surface area (Å²) >= 11 is 0. The van der Waals surface area contributed by atoms with Crippen molar-refractivity contribution in [2.45, 2.75) is 13.0 Å². The third-order valence-electron chi connectivity index (χ3n) is 3.68. The van der Waals surface area contributed by atoms with Crippen molar-refractivity contribution < 1.29 is 13.9 Å². The summed E-state index contributed by atoms with van der Waals surface area (Å²) in [5.74, 6) is 0.657. The number of methoxy groups -OCH3 is 1. The fourth-order valence-corrected chi connectivity index (χ4v) is 2.46. The fraction of sp³-hybridized carbons (Fsp3) is 0.158. The Labute approximate surface area is 140 Å². The first-order valence-corrected chi connectivity index (χ1v) is 7.61. The molecule has 0 fully saturated rings. The van der Waals surface area contributed by atoms with Crippen molar-refractivity contribution in [1.29, 1.82) is 0 Å². The second kappa shape index (κ2) is 7.46. The van der Waals surface area contributed by atoms with Gasteiger partial charge in [0.2, 0.25) is 5.91 Å². The van der Waals surface area contributed by atoms with E-state index >= 15 is 0 Å². The first-order chi connectivity index (χ1) is 11.8. The van der Waals surface area contributed by atoms with Gasteiger partial charge in [-0.05, 0) is 23.8 Å². The molecule has 0 radical (unpaired) electrons. The minimum absolute atomic E-state index is 0.0618. The standard InChI is InChI=1S/C19H18N2O3/c1-23-18-5-3-2-4-15(18)9-19(22)21-11-14-8-17(12-20-10-14)16-6-7-24-13-16/h2-8,10,12-13H,9,11H2,1H3,(H,21,22). The predicted octanol–water partition coefficient (Wildman–Crippen LogP) is 3.21. The first-order valence-electron chi connectivity index (χ1n) is 7.61. The smallest absolute Gasteiger partial charge is 0.224 e. The summed E-state index contributed by atoms with van der Waals surface area (Å²) in [5, 5.41) is 2.91. The summed E-state index contributed by atoms with van der Waals surface area (Å²) in [4.78, 5) is 16.4. The summed E-state index contributed by atoms with van der Waals surface area (Å²) < 4.78 is 10.4. The van der Waals surface area contributed by atoms with Gasteiger partial charge in [0.15, 0.2) is 0 Å². The number of furan rings is 1. The average molecular weight is 322 g/mol. The van der Waals surface area contributed by atoms with Gasteiger partial charge in [-0.15, -0.1) is 0 Å². The van der Waals surface area contributed by atoms with Crippen LogP contribution in [-0.2, 0) is 17.8 Å². The van der Waals surface area contributed by atoms with Crippen LogP contribution in [0.15, 0.2) is 65.7 Å². The maximum absolute atomic E-state index is 12.2. The molecule has 5 heteroatoms. The molecule has 24 heavy (non-hydrogen) atoms. The molecule has 0 atom stereocenters. The van der Waals surface area contributed by atoms with Crippen LogP contribution in [0.25, 0.3) is 11.1 Å². The highest BCUT2D eigenvalue weighted by Crippen LogP contribution is 2.20. The van der Waals surface area contributed by atoms with E-state index in [4.69, 9.17) is 9.15 Å². The van der Waals surface area contributed by atoms with Crippen LogP contribution in [0, 0.1) is 0 Å². The molecule has 0 aliphatic heterocycles. The molecule has 0 saturated heterocycles. The molecule has 1 aromatic carbocycles. The maximum Gasteiger partial charge on any atom is 0.224 e. The summed E-state index contributed by atoms with van der Waals surface area (Å²) in [5.41, 5.74) is 3.72. The highest BCUT2D eigenvalue weighted by atomic mass is 16.5. The zero-order valence-electron chi connectivity index (χ0n) is 13.4. The summed E-state index contributed by atoms with van der Waals surface area (Å²) in [6.45, 7) is 0.423. The zero-order valence-corrected chi connectivity index (χ0v) is 13.4. The molecule has 0 bridgehead atoms. The van der Waals surface area contributed by atoms with Crippen molar-refractivity contribution in [1.82, 2.24) is 10.3 Å². The minimum Gasteiger partial charge on any atom is -0.496 e. The number of hydrogen-bond donors (Lipinski definition) is 1. The topological polar surface area (TPSA) is 64.4 Å². The van der Waals surface area contributed by atoms with E-state index < -0.39 is 0 Å². The van der Waals surface area contributed by atoms with Gasteiger partial charge in [0.05, 0.1) is 26.1 Å². The molecule has 1 amide bonds. The van der Waals surface area contributed by atoms with E-state index in [1.807, 2.05) is 36.4 Å². The van der Waals surface area contributed by atoms with E-state index in [9.17, 15) is 4.79 Å². The predicted molar refractivity (Wildman–Crippen MR) is 90.5 cm³/mol. The van der Waals surface area contributed by atoms with Crippen LogP contribution in [0.5, 0.6) is 5.75 Å². The first kappa shape index (κ1) is 15.8. The number of hydrogen-bond acceptors (Lipinski definition) is 4. The molecule has 0 saturated carbocycles. The minimum atomic E-state index is -0.0618. The quantitative estimate of drug-likeness (QED) is 0.757. The van der Waals surface area contributed by atoms with Gasteiger partial charge in [-0.2, -0.15) is 0 Å². The number of aromatic nitrogens is 1. The monoisotopic (exact) mass is 322 g/mol. The highest BCUT2D eigenvalue weighted by molar-refractivity contribution is 5.79. The summed E-state index contributed by atoms with van der Waals surface area (Å²) in [6.07, 6.45) is 7.08. The van der Waals surface area contributed by atoms with Gasteiger partial charge < -0.3 is 14.5 Å². The molecule has 2 aromatic heterocycles. The second-order valence-corrected chi connectivity index (χ2v) is 5.36. The van der Waals surface area contributed by atoms with E-state index in [2.05, 4.69) is 10.3 Å². The van der Waals surface area contributed by atoms with Gasteiger partial charge in [0.25, 0.3) is 0 Å². The lowest BCUT2D eigenvalue weighted by Crippen LogP contribution is -2.24. The number of pyridine rings is 1. The van der Waals surface area contributed by atoms with E-state index in [0.717, 1.165) is 28.0 Å². The number of rotatable bonds is 6. The number of para-hydroxylation sites is 1. The Morgan fingerprint density at radius 3 is 2.88 bits per heavy atom. The third kappa shape index (κ3) is 3.81. The lowest BCUT2D eigenvalue weighted by atomic mass is 10.1. The Bertz CT molecular complexity index is 813. The lowest BCUT2D eigenvalue weighted by molar-refractivity contribution is -0.120. The van der Waals surface area contributed by atoms with Gasteiger partial charge in [-0.1, -0.05) is 18.2 Å². The summed E-state index contributed by atoms with van der Waals surface area (Å²) in [7, 11) is 1.60. The number of carbonyl (C=O) groups excluding carboxylic acids is 1. The highest BCUT2D eigenvalue weighted by Gasteiger charge is 2.08. The van der Waals surface area contributed by atoms with Crippen molar-refractivity contribution in [3.05, 3.63) is 72.4 Å². The number of benzene rings is 1. The maximum atomic E-state index is 12.2. The van der Waals surface area contributed by atoms with Crippen LogP contribution < -0.4 is 10.1 Å². The molecular weight excluding hydrogens is 304 g/mol. The molecule has 3 aromatic rings. The van der Waals surface area contributed by atoms with Crippen LogP contribution in [0.1, 0.15) is 11.1 Å². The lowest BCUT2D eigenvalue weighted by Gasteiger charge is -2.09. The Morgan fingerprint density at radius 1 is 1.21 bits per heavy atom. The van der Waals surface area contributed by atoms with Crippen LogP contribution in [0.2, 0.25) is 0 Å². The molecule has 5 nitrogen and oxygen atoms in total. The summed E-state index contributed by atoms with van der Waals surface area (Å²) in [6, 6.07) is 11.4. The normalized spacial score (nSPS) is 10.4. The van der Waals surface area contributed by atoms with E-state index in [-0.39, 0.29) is 12.3 Å². The Hall–Kier alpha value is -3.08. The Kier molecular flexibility index (Phi) is 4.91. The van der Waals surface area contributed by atoms with Gasteiger partial charge in [-0.3, -0.25) is 9.78 Å². The van der Waals surface area contributed by atoms with Gasteiger partial charge in [0.1, 0.15) is 5.75 Å². The molecule has 3 rings (SSSR count). The van der Waals surface area contributed by atoms with Gasteiger partial charge >= 0.3 is 0 Å². The number of carbonyl (C=O) groups is 1. The molecular formula is C19H18N2O3. The Morgan fingerprint density at radius 2 is 2.08 bits per heavy atom. The average Bonchev–Trinajstić information content (AvgIpc) is 3.15. The molecule has 0 unspecified atom stereocenters. The Balaban J connectivity index is 1.61. The molecule has 2 heterocycles. The molecule has 0 aliphatic carbocycles. The van der Waals surface area contributed by atoms with Crippen molar-refractivity contribution in [3.63, 3.8) is 0 Å². The second-order valence-electron chi connectivity index (χ2n) is 5.36. The van der Waals surface area contributed by atoms with Crippen molar-refractivity contribution >= 4 is 5.91 Å². The fourth-order valence-electron chi connectivity index (χ4n) is 2.46. The number of nitrogens with zero attached hydrogens (tertiary/aromatic N) is 1. The molecule has 122 valence electrons. The van der Waals surface area contributed by atoms with Crippen molar-refractivity contribution in [3.8, 4) is 16.9 Å². The number of ether oxygens (including phenoxy) is 1. The van der Waals surface area contributed by atoms with Crippen molar-refractivity contribution in [2.75, 3.05) is 7.11 Å². The van der Waals surface area contributed by atoms with E-state index in [1.165, 1.54) is 0 Å². The van der Waals surface area contributed by atoms with E-state index in [1.54, 1.807) is 32.0 Å². The number of amides is 1. The van der Waals surface area contributed by atoms with Gasteiger partial charge in [-0.25, -0.2) is 0 Å². The van der Waals surface area contributed by atoms with Gasteiger partial charge in [0, 0.05) is 35.6 Å². The van der Waals surface area contributed by atoms with Crippen LogP contribution in [0.3, 0.4) is 0 Å². The zero-order chi connectivity index (χ0) is 16.8.